The molecule has 42 heavy (non-hydrogen) atoms. The summed E-state index contributed by atoms with van der Waals surface area (Å²) in [5.74, 6) is -1.38. The van der Waals surface area contributed by atoms with Crippen LogP contribution in [0.1, 0.15) is 50.1 Å². The molecule has 3 atom stereocenters. The van der Waals surface area contributed by atoms with Gasteiger partial charge in [0.1, 0.15) is 35.9 Å². The largest absolute Gasteiger partial charge is 0.493 e. The maximum Gasteiger partial charge on any atom is 0.190 e. The minimum Gasteiger partial charge on any atom is -0.493 e. The monoisotopic (exact) mass is 620 g/mol. The summed E-state index contributed by atoms with van der Waals surface area (Å²) < 4.78 is 75.6. The van der Waals surface area contributed by atoms with Crippen molar-refractivity contribution in [1.29, 1.82) is 0 Å². The zero-order valence-corrected chi connectivity index (χ0v) is 24.6. The lowest BCUT2D eigenvalue weighted by atomic mass is 10.1. The molecular weight excluding hydrogens is 594 g/mol. The predicted molar refractivity (Wildman–Crippen MR) is 148 cm³/mol. The zero-order valence-electron chi connectivity index (χ0n) is 23.0. The molecule has 0 saturated heterocycles. The summed E-state index contributed by atoms with van der Waals surface area (Å²) in [6, 6.07) is 3.73. The van der Waals surface area contributed by atoms with Crippen LogP contribution in [-0.2, 0) is 20.3 Å². The van der Waals surface area contributed by atoms with Gasteiger partial charge in [0.15, 0.2) is 38.7 Å². The topological polar surface area (TPSA) is 131 Å². The van der Waals surface area contributed by atoms with Crippen molar-refractivity contribution in [3.8, 4) is 23.0 Å². The minimum atomic E-state index is -4.05. The fourth-order valence-electron chi connectivity index (χ4n) is 4.68. The van der Waals surface area contributed by atoms with Crippen molar-refractivity contribution in [1.82, 2.24) is 29.7 Å². The van der Waals surface area contributed by atoms with Gasteiger partial charge < -0.3 is 14.2 Å². The maximum absolute atomic E-state index is 15.1. The zero-order chi connectivity index (χ0) is 30.2. The number of nitrogens with zero attached hydrogens (tertiary/aromatic N) is 6. The van der Waals surface area contributed by atoms with E-state index >= 15 is 4.39 Å². The van der Waals surface area contributed by atoms with Gasteiger partial charge in [0.2, 0.25) is 0 Å². The van der Waals surface area contributed by atoms with Crippen molar-refractivity contribution in [2.45, 2.75) is 50.0 Å². The minimum absolute atomic E-state index is 0.00744. The first kappa shape index (κ1) is 29.7. The summed E-state index contributed by atoms with van der Waals surface area (Å²) in [7, 11) is -2.60. The quantitative estimate of drug-likeness (QED) is 0.263. The molecule has 11 nitrogen and oxygen atoms in total. The average Bonchev–Trinajstić information content (AvgIpc) is 3.26. The molecule has 0 radical (unpaired) electrons. The second-order valence-corrected chi connectivity index (χ2v) is 12.7. The molecule has 5 rings (SSSR count). The molecular formula is C27H27ClF2N6O5S. The lowest BCUT2D eigenvalue weighted by Gasteiger charge is -2.26. The van der Waals surface area contributed by atoms with Crippen LogP contribution in [0.4, 0.5) is 8.78 Å². The van der Waals surface area contributed by atoms with Crippen molar-refractivity contribution < 1.29 is 31.4 Å². The Morgan fingerprint density at radius 2 is 1.86 bits per heavy atom. The summed E-state index contributed by atoms with van der Waals surface area (Å²) in [5, 5.41) is 7.60. The molecule has 15 heteroatoms. The highest BCUT2D eigenvalue weighted by atomic mass is 35.5. The van der Waals surface area contributed by atoms with Crippen LogP contribution < -0.4 is 9.47 Å². The number of pyridine rings is 1. The Bertz CT molecular complexity index is 1700. The number of fused-ring (bicyclic) bond motifs is 3. The SMILES string of the molecule is COc1ccnc2c1OC[C@@H](c1ccc(F)cc1F)n1c(CS(=O)(=O)[C@@H](C)[C@@H](OC(C)C)c3ncc(Cl)cn3)nnc1-2. The molecule has 1 aliphatic heterocycles. The summed E-state index contributed by atoms with van der Waals surface area (Å²) in [6.07, 6.45) is 2.81. The Morgan fingerprint density at radius 1 is 1.12 bits per heavy atom. The summed E-state index contributed by atoms with van der Waals surface area (Å²) >= 11 is 5.93. The van der Waals surface area contributed by atoms with Crippen molar-refractivity contribution in [3.63, 3.8) is 0 Å². The molecule has 0 unspecified atom stereocenters. The highest BCUT2D eigenvalue weighted by Crippen LogP contribution is 2.41. The van der Waals surface area contributed by atoms with Crippen LogP contribution in [0.25, 0.3) is 11.5 Å². The van der Waals surface area contributed by atoms with E-state index in [4.69, 9.17) is 25.8 Å². The van der Waals surface area contributed by atoms with Gasteiger partial charge in [0.05, 0.1) is 29.5 Å². The fourth-order valence-corrected chi connectivity index (χ4v) is 6.16. The second kappa shape index (κ2) is 11.9. The van der Waals surface area contributed by atoms with E-state index in [2.05, 4.69) is 25.1 Å². The Kier molecular flexibility index (Phi) is 8.39. The number of ether oxygens (including phenoxy) is 3. The molecule has 4 heterocycles. The van der Waals surface area contributed by atoms with Crippen LogP contribution in [0.2, 0.25) is 5.02 Å². The molecule has 1 aliphatic rings. The highest BCUT2D eigenvalue weighted by Gasteiger charge is 2.38. The number of sulfone groups is 1. The normalized spacial score (nSPS) is 16.2. The number of benzene rings is 1. The van der Waals surface area contributed by atoms with E-state index in [1.54, 1.807) is 19.9 Å². The first-order valence-electron chi connectivity index (χ1n) is 12.9. The van der Waals surface area contributed by atoms with E-state index < -0.39 is 44.6 Å². The van der Waals surface area contributed by atoms with E-state index in [1.807, 2.05) is 0 Å². The summed E-state index contributed by atoms with van der Waals surface area (Å²) in [6.45, 7) is 4.84. The second-order valence-electron chi connectivity index (χ2n) is 9.87. The van der Waals surface area contributed by atoms with Gasteiger partial charge in [-0.2, -0.15) is 0 Å². The average molecular weight is 621 g/mol. The Balaban J connectivity index is 1.60. The van der Waals surface area contributed by atoms with Gasteiger partial charge in [-0.15, -0.1) is 10.2 Å². The van der Waals surface area contributed by atoms with Gasteiger partial charge in [0.25, 0.3) is 0 Å². The molecule has 0 saturated carbocycles. The van der Waals surface area contributed by atoms with Crippen LogP contribution in [0, 0.1) is 11.6 Å². The van der Waals surface area contributed by atoms with E-state index in [0.717, 1.165) is 12.1 Å². The summed E-state index contributed by atoms with van der Waals surface area (Å²) in [5.41, 5.74) is 0.269. The number of halogens is 3. The van der Waals surface area contributed by atoms with Gasteiger partial charge >= 0.3 is 0 Å². The molecule has 4 aromatic rings. The molecule has 1 aromatic carbocycles. The molecule has 3 aromatic heterocycles. The van der Waals surface area contributed by atoms with Crippen LogP contribution in [0.5, 0.6) is 11.5 Å². The summed E-state index contributed by atoms with van der Waals surface area (Å²) in [4.78, 5) is 12.7. The molecule has 0 aliphatic carbocycles. The number of methoxy groups -OCH3 is 1. The van der Waals surface area contributed by atoms with Crippen molar-refractivity contribution in [2.75, 3.05) is 13.7 Å². The van der Waals surface area contributed by atoms with Crippen LogP contribution >= 0.6 is 11.6 Å². The first-order valence-corrected chi connectivity index (χ1v) is 15.0. The third-order valence-corrected chi connectivity index (χ3v) is 8.96. The van der Waals surface area contributed by atoms with E-state index in [0.29, 0.717) is 5.75 Å². The first-order chi connectivity index (χ1) is 20.0. The third-order valence-electron chi connectivity index (χ3n) is 6.72. The lowest BCUT2D eigenvalue weighted by Crippen LogP contribution is -2.32. The third kappa shape index (κ3) is 5.78. The smallest absolute Gasteiger partial charge is 0.190 e. The molecule has 222 valence electrons. The van der Waals surface area contributed by atoms with Gasteiger partial charge in [-0.05, 0) is 26.8 Å². The van der Waals surface area contributed by atoms with E-state index in [1.165, 1.54) is 43.3 Å². The van der Waals surface area contributed by atoms with Crippen LogP contribution in [-0.4, -0.2) is 63.2 Å². The van der Waals surface area contributed by atoms with E-state index in [9.17, 15) is 12.8 Å². The number of hydrogen-bond acceptors (Lipinski definition) is 10. The molecule has 0 fully saturated rings. The standard InChI is InChI=1S/C27H27ClF2N6O5S/c1-14(2)41-24(26-32-10-16(28)11-33-26)15(3)42(37,38)13-22-34-35-27-23-25(21(39-4)7-8-31-23)40-12-20(36(22)27)18-6-5-17(29)9-19(18)30/h5-11,14-15,20,24H,12-13H2,1-4H3/t15-,20-,24+/m0/s1. The predicted octanol–water partition coefficient (Wildman–Crippen LogP) is 4.52. The van der Waals surface area contributed by atoms with Crippen molar-refractivity contribution >= 4 is 21.4 Å². The number of rotatable bonds is 9. The molecule has 0 spiro atoms. The van der Waals surface area contributed by atoms with Crippen molar-refractivity contribution in [2.24, 2.45) is 0 Å². The number of hydrogen-bond donors (Lipinski definition) is 0. The van der Waals surface area contributed by atoms with Crippen LogP contribution in [0.3, 0.4) is 0 Å². The van der Waals surface area contributed by atoms with E-state index in [-0.39, 0.29) is 52.2 Å². The lowest BCUT2D eigenvalue weighted by molar-refractivity contribution is 0.00142. The van der Waals surface area contributed by atoms with Gasteiger partial charge in [-0.1, -0.05) is 17.7 Å². The van der Waals surface area contributed by atoms with Gasteiger partial charge in [-0.25, -0.2) is 32.2 Å². The molecule has 0 amide bonds. The van der Waals surface area contributed by atoms with Gasteiger partial charge in [0, 0.05) is 36.3 Å². The Morgan fingerprint density at radius 3 is 2.52 bits per heavy atom. The Hall–Kier alpha value is -3.75. The maximum atomic E-state index is 15.1. The van der Waals surface area contributed by atoms with Crippen molar-refractivity contribution in [3.05, 3.63) is 76.7 Å². The van der Waals surface area contributed by atoms with Crippen LogP contribution in [0.15, 0.2) is 42.9 Å². The molecule has 0 N–H and O–H groups in total. The highest BCUT2D eigenvalue weighted by molar-refractivity contribution is 7.91. The fraction of sp³-hybridized carbons (Fsp3) is 0.370. The molecule has 0 bridgehead atoms. The Labute approximate surface area is 245 Å². The number of aromatic nitrogens is 6. The van der Waals surface area contributed by atoms with Gasteiger partial charge in [-0.3, -0.25) is 4.57 Å².